The number of thiol groups is 1. The number of benzene rings is 2. The Labute approximate surface area is 106 Å². The fourth-order valence-corrected chi connectivity index (χ4v) is 1.74. The smallest absolute Gasteiger partial charge is 0.197 e. The van der Waals surface area contributed by atoms with Crippen LogP contribution < -0.4 is 0 Å². The van der Waals surface area contributed by atoms with E-state index in [-0.39, 0.29) is 19.0 Å². The highest BCUT2D eigenvalue weighted by molar-refractivity contribution is 7.80. The molecule has 0 aromatic heterocycles. The van der Waals surface area contributed by atoms with Crippen molar-refractivity contribution in [2.75, 3.05) is 0 Å². The van der Waals surface area contributed by atoms with Gasteiger partial charge in [-0.05, 0) is 24.3 Å². The van der Waals surface area contributed by atoms with Crippen molar-refractivity contribution in [2.45, 2.75) is 12.3 Å². The van der Waals surface area contributed by atoms with Crippen molar-refractivity contribution >= 4 is 18.4 Å². The van der Waals surface area contributed by atoms with E-state index in [2.05, 4.69) is 12.6 Å². The Morgan fingerprint density at radius 3 is 2.06 bits per heavy atom. The number of para-hydroxylation sites is 1. The van der Waals surface area contributed by atoms with Crippen LogP contribution in [0.2, 0.25) is 0 Å². The van der Waals surface area contributed by atoms with Gasteiger partial charge < -0.3 is 5.11 Å². The topological polar surface area (TPSA) is 37.3 Å². The number of hydrogen-bond donors (Lipinski definition) is 2. The first-order chi connectivity index (χ1) is 7.70. The van der Waals surface area contributed by atoms with Crippen LogP contribution in [0.25, 0.3) is 0 Å². The molecule has 0 unspecified atom stereocenters. The lowest BCUT2D eigenvalue weighted by molar-refractivity contribution is 0.103. The predicted octanol–water partition coefficient (Wildman–Crippen LogP) is 3.55. The van der Waals surface area contributed by atoms with E-state index in [4.69, 9.17) is 0 Å². The molecule has 2 rings (SSSR count). The van der Waals surface area contributed by atoms with Crippen LogP contribution >= 0.6 is 12.6 Å². The Bertz CT molecular complexity index is 488. The Morgan fingerprint density at radius 1 is 0.941 bits per heavy atom. The van der Waals surface area contributed by atoms with Crippen LogP contribution in [0.1, 0.15) is 23.3 Å². The first kappa shape index (κ1) is 13.3. The molecule has 88 valence electrons. The van der Waals surface area contributed by atoms with E-state index in [1.54, 1.807) is 36.4 Å². The van der Waals surface area contributed by atoms with Crippen LogP contribution in [0, 0.1) is 0 Å². The molecule has 0 radical (unpaired) electrons. The van der Waals surface area contributed by atoms with Crippen molar-refractivity contribution in [2.24, 2.45) is 0 Å². The Balaban J connectivity index is 0.00000144. The third-order valence-electron chi connectivity index (χ3n) is 2.30. The summed E-state index contributed by atoms with van der Waals surface area (Å²) in [6, 6.07) is 13.5. The standard InChI is InChI=1S/C13H10O2S.CH4/c14-11-7-3-1-5-9(11)13(15)10-6-2-4-8-12(10)16;/h1-8,14,16H;1H4. The Kier molecular flexibility index (Phi) is 4.35. The number of aromatic hydroxyl groups is 1. The van der Waals surface area contributed by atoms with Gasteiger partial charge in [-0.15, -0.1) is 12.6 Å². The van der Waals surface area contributed by atoms with Crippen molar-refractivity contribution in [3.8, 4) is 5.75 Å². The minimum absolute atomic E-state index is 0. The quantitative estimate of drug-likeness (QED) is 0.628. The molecule has 0 heterocycles. The molecule has 0 saturated heterocycles. The van der Waals surface area contributed by atoms with E-state index in [1.165, 1.54) is 6.07 Å². The maximum Gasteiger partial charge on any atom is 0.197 e. The van der Waals surface area contributed by atoms with Gasteiger partial charge in [0.2, 0.25) is 0 Å². The van der Waals surface area contributed by atoms with Crippen LogP contribution in [0.3, 0.4) is 0 Å². The van der Waals surface area contributed by atoms with Gasteiger partial charge >= 0.3 is 0 Å². The largest absolute Gasteiger partial charge is 0.507 e. The van der Waals surface area contributed by atoms with Gasteiger partial charge in [0.1, 0.15) is 5.75 Å². The normalized spacial score (nSPS) is 9.47. The summed E-state index contributed by atoms with van der Waals surface area (Å²) in [5, 5.41) is 9.59. The number of ketones is 1. The Hall–Kier alpha value is -1.74. The SMILES string of the molecule is C.O=C(c1ccccc1O)c1ccccc1S. The number of carbonyl (C=O) groups is 1. The van der Waals surface area contributed by atoms with E-state index in [9.17, 15) is 9.90 Å². The molecule has 0 aliphatic rings. The zero-order chi connectivity index (χ0) is 11.5. The van der Waals surface area contributed by atoms with Crippen LogP contribution in [0.4, 0.5) is 0 Å². The molecule has 0 bridgehead atoms. The summed E-state index contributed by atoms with van der Waals surface area (Å²) in [4.78, 5) is 12.7. The second kappa shape index (κ2) is 5.55. The highest BCUT2D eigenvalue weighted by Gasteiger charge is 2.14. The van der Waals surface area contributed by atoms with Crippen LogP contribution in [-0.4, -0.2) is 10.9 Å². The van der Waals surface area contributed by atoms with Gasteiger partial charge in [0, 0.05) is 10.5 Å². The van der Waals surface area contributed by atoms with Crippen molar-refractivity contribution in [1.82, 2.24) is 0 Å². The number of phenolic OH excluding ortho intramolecular Hbond substituents is 1. The predicted molar refractivity (Wildman–Crippen MR) is 72.0 cm³/mol. The minimum atomic E-state index is -0.219. The van der Waals surface area contributed by atoms with Gasteiger partial charge in [-0.2, -0.15) is 0 Å². The van der Waals surface area contributed by atoms with E-state index < -0.39 is 0 Å². The molecule has 0 atom stereocenters. The first-order valence-corrected chi connectivity index (χ1v) is 5.25. The fourth-order valence-electron chi connectivity index (χ4n) is 1.48. The lowest BCUT2D eigenvalue weighted by Crippen LogP contribution is -2.02. The molecular weight excluding hydrogens is 232 g/mol. The zero-order valence-corrected chi connectivity index (χ0v) is 9.32. The summed E-state index contributed by atoms with van der Waals surface area (Å²) < 4.78 is 0. The summed E-state index contributed by atoms with van der Waals surface area (Å²) in [5.41, 5.74) is 0.788. The highest BCUT2D eigenvalue weighted by Crippen LogP contribution is 2.23. The monoisotopic (exact) mass is 246 g/mol. The maximum absolute atomic E-state index is 12.1. The van der Waals surface area contributed by atoms with Crippen molar-refractivity contribution in [3.05, 3.63) is 59.7 Å². The molecule has 1 N–H and O–H groups in total. The van der Waals surface area contributed by atoms with E-state index >= 15 is 0 Å². The summed E-state index contributed by atoms with van der Waals surface area (Å²) >= 11 is 4.22. The van der Waals surface area contributed by atoms with Crippen molar-refractivity contribution in [1.29, 1.82) is 0 Å². The van der Waals surface area contributed by atoms with E-state index in [0.29, 0.717) is 16.0 Å². The van der Waals surface area contributed by atoms with E-state index in [0.717, 1.165) is 0 Å². The van der Waals surface area contributed by atoms with Crippen LogP contribution in [0.15, 0.2) is 53.4 Å². The highest BCUT2D eigenvalue weighted by atomic mass is 32.1. The minimum Gasteiger partial charge on any atom is -0.507 e. The fraction of sp³-hybridized carbons (Fsp3) is 0.0714. The number of carbonyl (C=O) groups excluding carboxylic acids is 1. The van der Waals surface area contributed by atoms with Crippen LogP contribution in [-0.2, 0) is 0 Å². The zero-order valence-electron chi connectivity index (χ0n) is 8.42. The third kappa shape index (κ3) is 2.68. The van der Waals surface area contributed by atoms with Gasteiger partial charge in [0.15, 0.2) is 5.78 Å². The maximum atomic E-state index is 12.1. The van der Waals surface area contributed by atoms with Gasteiger partial charge in [-0.3, -0.25) is 4.79 Å². The van der Waals surface area contributed by atoms with E-state index in [1.807, 2.05) is 6.07 Å². The summed E-state index contributed by atoms with van der Waals surface area (Å²) in [6.45, 7) is 0. The molecule has 2 aromatic rings. The molecule has 2 aromatic carbocycles. The van der Waals surface area contributed by atoms with Gasteiger partial charge in [-0.25, -0.2) is 0 Å². The van der Waals surface area contributed by atoms with Crippen molar-refractivity contribution in [3.63, 3.8) is 0 Å². The molecule has 0 aliphatic carbocycles. The molecule has 0 amide bonds. The third-order valence-corrected chi connectivity index (χ3v) is 2.69. The molecule has 0 spiro atoms. The molecule has 0 fully saturated rings. The molecule has 2 nitrogen and oxygen atoms in total. The average molecular weight is 246 g/mol. The summed E-state index contributed by atoms with van der Waals surface area (Å²) in [5.74, 6) is -0.229. The molecule has 3 heteroatoms. The number of rotatable bonds is 2. The number of phenols is 1. The second-order valence-corrected chi connectivity index (χ2v) is 3.85. The molecular formula is C14H14O2S. The van der Waals surface area contributed by atoms with Gasteiger partial charge in [-0.1, -0.05) is 31.7 Å². The lowest BCUT2D eigenvalue weighted by atomic mass is 10.0. The lowest BCUT2D eigenvalue weighted by Gasteiger charge is -2.05. The Morgan fingerprint density at radius 2 is 1.47 bits per heavy atom. The van der Waals surface area contributed by atoms with Gasteiger partial charge in [0.25, 0.3) is 0 Å². The number of hydrogen-bond acceptors (Lipinski definition) is 3. The summed E-state index contributed by atoms with van der Waals surface area (Å²) in [6.07, 6.45) is 0. The van der Waals surface area contributed by atoms with Crippen LogP contribution in [0.5, 0.6) is 5.75 Å². The summed E-state index contributed by atoms with van der Waals surface area (Å²) in [7, 11) is 0. The van der Waals surface area contributed by atoms with Crippen molar-refractivity contribution < 1.29 is 9.90 Å². The second-order valence-electron chi connectivity index (χ2n) is 3.36. The molecule has 0 saturated carbocycles. The average Bonchev–Trinajstić information content (AvgIpc) is 2.29. The molecule has 0 aliphatic heterocycles. The first-order valence-electron chi connectivity index (χ1n) is 4.81. The van der Waals surface area contributed by atoms with Gasteiger partial charge in [0.05, 0.1) is 5.56 Å². The molecule has 17 heavy (non-hydrogen) atoms.